The molecule has 0 amide bonds. The number of nitro groups is 1. The van der Waals surface area contributed by atoms with Crippen LogP contribution >= 0.6 is 7.60 Å². The Morgan fingerprint density at radius 3 is 2.08 bits per heavy atom. The fourth-order valence-corrected chi connectivity index (χ4v) is 2.29. The Labute approximate surface area is 76.9 Å². The highest BCUT2D eigenvalue weighted by molar-refractivity contribution is 7.53. The van der Waals surface area contributed by atoms with Crippen molar-refractivity contribution in [3.8, 4) is 0 Å². The van der Waals surface area contributed by atoms with Crippen molar-refractivity contribution in [2.75, 3.05) is 25.9 Å². The maximum Gasteiger partial charge on any atom is 0.337 e. The molecule has 78 valence electrons. The highest BCUT2D eigenvalue weighted by Gasteiger charge is 2.25. The van der Waals surface area contributed by atoms with Gasteiger partial charge in [-0.3, -0.25) is 14.7 Å². The van der Waals surface area contributed by atoms with Crippen LogP contribution in [-0.4, -0.2) is 30.8 Å². The van der Waals surface area contributed by atoms with Crippen molar-refractivity contribution in [3.05, 3.63) is 10.1 Å². The van der Waals surface area contributed by atoms with Gasteiger partial charge in [-0.05, 0) is 13.8 Å². The summed E-state index contributed by atoms with van der Waals surface area (Å²) < 4.78 is 21.3. The largest absolute Gasteiger partial charge is 0.337 e. The Morgan fingerprint density at radius 1 is 1.31 bits per heavy atom. The molecule has 0 bridgehead atoms. The maximum atomic E-state index is 11.6. The topological polar surface area (TPSA) is 78.7 Å². The van der Waals surface area contributed by atoms with Gasteiger partial charge in [0.2, 0.25) is 6.54 Å². The van der Waals surface area contributed by atoms with Crippen molar-refractivity contribution in [1.29, 1.82) is 0 Å². The average molecular weight is 211 g/mol. The van der Waals surface area contributed by atoms with Gasteiger partial charge in [0.15, 0.2) is 0 Å². The number of hydrogen-bond donors (Lipinski definition) is 0. The predicted molar refractivity (Wildman–Crippen MR) is 47.6 cm³/mol. The molecular formula is C6H14NO5P. The Balaban J connectivity index is 4.07. The Bertz CT molecular complexity index is 197. The van der Waals surface area contributed by atoms with Crippen molar-refractivity contribution in [2.45, 2.75) is 13.8 Å². The molecule has 0 radical (unpaired) electrons. The van der Waals surface area contributed by atoms with Crippen LogP contribution in [0.3, 0.4) is 0 Å². The predicted octanol–water partition coefficient (Wildman–Crippen LogP) is 1.53. The second-order valence-electron chi connectivity index (χ2n) is 2.23. The molecule has 0 rings (SSSR count). The van der Waals surface area contributed by atoms with Gasteiger partial charge in [0.05, 0.1) is 13.2 Å². The van der Waals surface area contributed by atoms with Crippen molar-refractivity contribution in [2.24, 2.45) is 0 Å². The van der Waals surface area contributed by atoms with Crippen molar-refractivity contribution in [1.82, 2.24) is 0 Å². The lowest BCUT2D eigenvalue weighted by atomic mass is 10.8. The molecule has 7 heteroatoms. The molecule has 0 heterocycles. The molecule has 0 saturated heterocycles. The monoisotopic (exact) mass is 211 g/mol. The average Bonchev–Trinajstić information content (AvgIpc) is 2.02. The summed E-state index contributed by atoms with van der Waals surface area (Å²) in [6, 6.07) is 0. The summed E-state index contributed by atoms with van der Waals surface area (Å²) in [5, 5.41) is 10.0. The molecule has 0 aromatic heterocycles. The van der Waals surface area contributed by atoms with Crippen LogP contribution in [0.4, 0.5) is 0 Å². The Kier molecular flexibility index (Phi) is 5.86. The van der Waals surface area contributed by atoms with Crippen LogP contribution in [0.1, 0.15) is 13.8 Å². The fourth-order valence-electron chi connectivity index (χ4n) is 0.764. The van der Waals surface area contributed by atoms with E-state index >= 15 is 0 Å². The molecule has 0 spiro atoms. The van der Waals surface area contributed by atoms with E-state index < -0.39 is 19.1 Å². The summed E-state index contributed by atoms with van der Waals surface area (Å²) in [7, 11) is -3.21. The molecule has 0 aromatic rings. The van der Waals surface area contributed by atoms with E-state index in [1.165, 1.54) is 0 Å². The molecule has 0 aliphatic carbocycles. The Morgan fingerprint density at radius 2 is 1.77 bits per heavy atom. The molecule has 0 saturated carbocycles. The minimum Gasteiger partial charge on any atom is -0.309 e. The quantitative estimate of drug-likeness (QED) is 0.362. The van der Waals surface area contributed by atoms with Crippen LogP contribution in [0.25, 0.3) is 0 Å². The fraction of sp³-hybridized carbons (Fsp3) is 1.00. The van der Waals surface area contributed by atoms with Crippen LogP contribution in [-0.2, 0) is 13.6 Å². The van der Waals surface area contributed by atoms with E-state index in [1.807, 2.05) is 0 Å². The standard InChI is InChI=1S/C6H14NO5P/c1-3-11-13(10,12-4-2)6-5-7(8)9/h3-6H2,1-2H3. The van der Waals surface area contributed by atoms with Crippen LogP contribution in [0.2, 0.25) is 0 Å². The minimum atomic E-state index is -3.21. The van der Waals surface area contributed by atoms with Crippen LogP contribution in [0, 0.1) is 10.1 Å². The van der Waals surface area contributed by atoms with Crippen molar-refractivity contribution in [3.63, 3.8) is 0 Å². The first kappa shape index (κ1) is 12.6. The molecule has 0 N–H and O–H groups in total. The highest BCUT2D eigenvalue weighted by atomic mass is 31.2. The lowest BCUT2D eigenvalue weighted by molar-refractivity contribution is -0.475. The highest BCUT2D eigenvalue weighted by Crippen LogP contribution is 2.47. The van der Waals surface area contributed by atoms with E-state index in [-0.39, 0.29) is 19.4 Å². The van der Waals surface area contributed by atoms with E-state index in [0.717, 1.165) is 0 Å². The second-order valence-corrected chi connectivity index (χ2v) is 4.41. The van der Waals surface area contributed by atoms with Crippen LogP contribution in [0.5, 0.6) is 0 Å². The van der Waals surface area contributed by atoms with Gasteiger partial charge >= 0.3 is 7.60 Å². The lowest BCUT2D eigenvalue weighted by Crippen LogP contribution is -2.09. The summed E-state index contributed by atoms with van der Waals surface area (Å²) in [5.41, 5.74) is 0. The van der Waals surface area contributed by atoms with Gasteiger partial charge in [-0.15, -0.1) is 0 Å². The van der Waals surface area contributed by atoms with E-state index in [2.05, 4.69) is 0 Å². The summed E-state index contributed by atoms with van der Waals surface area (Å²) >= 11 is 0. The molecule has 0 unspecified atom stereocenters. The van der Waals surface area contributed by atoms with Gasteiger partial charge in [-0.25, -0.2) is 0 Å². The lowest BCUT2D eigenvalue weighted by Gasteiger charge is -2.14. The Hall–Kier alpha value is -0.450. The summed E-state index contributed by atoms with van der Waals surface area (Å²) in [6.07, 6.45) is -0.165. The minimum absolute atomic E-state index is 0.165. The molecule has 0 aromatic carbocycles. The zero-order chi connectivity index (χ0) is 10.3. The third-order valence-electron chi connectivity index (χ3n) is 1.21. The van der Waals surface area contributed by atoms with Gasteiger partial charge in [-0.1, -0.05) is 0 Å². The van der Waals surface area contributed by atoms with E-state index in [9.17, 15) is 14.7 Å². The first-order chi connectivity index (χ1) is 6.04. The molecule has 0 atom stereocenters. The molecule has 13 heavy (non-hydrogen) atoms. The van der Waals surface area contributed by atoms with Gasteiger partial charge < -0.3 is 9.05 Å². The van der Waals surface area contributed by atoms with Gasteiger partial charge in [0.25, 0.3) is 0 Å². The van der Waals surface area contributed by atoms with E-state index in [1.54, 1.807) is 13.8 Å². The van der Waals surface area contributed by atoms with Gasteiger partial charge in [0, 0.05) is 4.92 Å². The number of hydrogen-bond acceptors (Lipinski definition) is 5. The SMILES string of the molecule is CCOP(=O)(CC[N+](=O)[O-])OCC. The molecule has 0 aliphatic rings. The van der Waals surface area contributed by atoms with E-state index in [0.29, 0.717) is 0 Å². The first-order valence-corrected chi connectivity index (χ1v) is 5.76. The van der Waals surface area contributed by atoms with Crippen LogP contribution in [0.15, 0.2) is 0 Å². The van der Waals surface area contributed by atoms with Crippen molar-refractivity contribution >= 4 is 7.60 Å². The smallest absolute Gasteiger partial charge is 0.309 e. The van der Waals surface area contributed by atoms with Gasteiger partial charge in [-0.2, -0.15) is 0 Å². The normalized spacial score (nSPS) is 11.5. The summed E-state index contributed by atoms with van der Waals surface area (Å²) in [6.45, 7) is 3.40. The van der Waals surface area contributed by atoms with Crippen molar-refractivity contribution < 1.29 is 18.5 Å². The third kappa shape index (κ3) is 5.74. The van der Waals surface area contributed by atoms with Gasteiger partial charge in [0.1, 0.15) is 6.16 Å². The zero-order valence-corrected chi connectivity index (χ0v) is 8.66. The van der Waals surface area contributed by atoms with Crippen LogP contribution < -0.4 is 0 Å². The molecular weight excluding hydrogens is 197 g/mol. The summed E-state index contributed by atoms with van der Waals surface area (Å²) in [5.74, 6) is 0. The number of rotatable bonds is 7. The molecule has 0 fully saturated rings. The molecule has 6 nitrogen and oxygen atoms in total. The molecule has 0 aliphatic heterocycles. The first-order valence-electron chi connectivity index (χ1n) is 4.04. The zero-order valence-electron chi connectivity index (χ0n) is 7.76. The number of nitrogens with zero attached hydrogens (tertiary/aromatic N) is 1. The maximum absolute atomic E-state index is 11.6. The third-order valence-corrected chi connectivity index (χ3v) is 3.26. The van der Waals surface area contributed by atoms with E-state index in [4.69, 9.17) is 9.05 Å². The summed E-state index contributed by atoms with van der Waals surface area (Å²) in [4.78, 5) is 9.49. The second kappa shape index (κ2) is 6.07.